The van der Waals surface area contributed by atoms with Gasteiger partial charge in [0.15, 0.2) is 9.84 Å². The van der Waals surface area contributed by atoms with Gasteiger partial charge in [0, 0.05) is 11.8 Å². The highest BCUT2D eigenvalue weighted by molar-refractivity contribution is 9.10. The molecule has 6 unspecified atom stereocenters. The van der Waals surface area contributed by atoms with Crippen LogP contribution in [0.5, 0.6) is 0 Å². The van der Waals surface area contributed by atoms with Gasteiger partial charge in [-0.05, 0) is 39.8 Å². The van der Waals surface area contributed by atoms with Gasteiger partial charge in [-0.1, -0.05) is 33.6 Å². The molecule has 2 saturated heterocycles. The second-order valence-electron chi connectivity index (χ2n) is 8.71. The van der Waals surface area contributed by atoms with Crippen LogP contribution < -0.4 is 0 Å². The zero-order valence-electron chi connectivity index (χ0n) is 14.5. The average Bonchev–Trinajstić information content (AvgIpc) is 3.15. The minimum Gasteiger partial charge on any atom is -0.444 e. The Balaban J connectivity index is 1.52. The van der Waals surface area contributed by atoms with Crippen LogP contribution in [0.3, 0.4) is 0 Å². The molecule has 2 heterocycles. The van der Waals surface area contributed by atoms with Crippen molar-refractivity contribution in [3.8, 4) is 0 Å². The van der Waals surface area contributed by atoms with Crippen LogP contribution in [0, 0.1) is 18.8 Å². The maximum absolute atomic E-state index is 13.4. The number of hydrogen-bond donors (Lipinski definition) is 0. The van der Waals surface area contributed by atoms with E-state index in [2.05, 4.69) is 15.9 Å². The lowest BCUT2D eigenvalue weighted by Crippen LogP contribution is -2.46. The lowest BCUT2D eigenvalue weighted by molar-refractivity contribution is 0.0254. The summed E-state index contributed by atoms with van der Waals surface area (Å²) in [6.07, 6.45) is -0.394. The molecule has 2 bridgehead atoms. The van der Waals surface area contributed by atoms with E-state index in [0.717, 1.165) is 5.56 Å². The molecular weight excluding hydrogens is 406 g/mol. The summed E-state index contributed by atoms with van der Waals surface area (Å²) < 4.78 is 31.0. The van der Waals surface area contributed by atoms with Gasteiger partial charge in [-0.15, -0.1) is 0 Å². The molecule has 5 fully saturated rings. The molecule has 7 heteroatoms. The fraction of sp³-hybridized carbons (Fsp3) is 0.611. The Hall–Kier alpha value is -1.08. The minimum atomic E-state index is -3.52. The van der Waals surface area contributed by atoms with Gasteiger partial charge in [-0.3, -0.25) is 4.90 Å². The second kappa shape index (κ2) is 4.09. The molecule has 2 aliphatic heterocycles. The van der Waals surface area contributed by atoms with Crippen LogP contribution in [-0.2, 0) is 14.6 Å². The Bertz CT molecular complexity index is 921. The van der Waals surface area contributed by atoms with Crippen molar-refractivity contribution < 1.29 is 17.9 Å². The van der Waals surface area contributed by atoms with Crippen LogP contribution in [0.15, 0.2) is 29.2 Å². The highest BCUT2D eigenvalue weighted by Gasteiger charge is 3.11. The van der Waals surface area contributed by atoms with E-state index < -0.39 is 30.6 Å². The molecule has 1 amide bonds. The summed E-state index contributed by atoms with van der Waals surface area (Å²) >= 11 is 3.72. The first-order chi connectivity index (χ1) is 11.5. The van der Waals surface area contributed by atoms with Gasteiger partial charge >= 0.3 is 6.09 Å². The number of carbonyl (C=O) groups is 1. The number of aryl methyl sites for hydroxylation is 1. The molecule has 6 atom stereocenters. The molecule has 0 N–H and O–H groups in total. The summed E-state index contributed by atoms with van der Waals surface area (Å²) in [7, 11) is -3.52. The molecule has 0 spiro atoms. The van der Waals surface area contributed by atoms with Gasteiger partial charge in [-0.2, -0.15) is 0 Å². The first kappa shape index (κ1) is 16.1. The molecule has 0 aromatic heterocycles. The molecule has 1 aromatic carbocycles. The molecule has 5 aliphatic rings. The number of alkyl halides is 1. The van der Waals surface area contributed by atoms with E-state index in [-0.39, 0.29) is 23.9 Å². The standard InChI is InChI=1S/C18H20BrNO4S/c1-9-5-7-10(8-6-9)25(22,23)18-12-11-13(17(11,18)19)20(14(12)18)15(21)24-16(2,3)4/h5-8,11-14H,1-4H3. The number of halogens is 1. The van der Waals surface area contributed by atoms with Crippen molar-refractivity contribution in [1.29, 1.82) is 0 Å². The summed E-state index contributed by atoms with van der Waals surface area (Å²) in [6, 6.07) is 6.68. The lowest BCUT2D eigenvalue weighted by atomic mass is 10.00. The topological polar surface area (TPSA) is 63.7 Å². The van der Waals surface area contributed by atoms with Gasteiger partial charge in [0.25, 0.3) is 0 Å². The van der Waals surface area contributed by atoms with Crippen molar-refractivity contribution in [3.63, 3.8) is 0 Å². The summed E-state index contributed by atoms with van der Waals surface area (Å²) in [5.74, 6) is 0.279. The first-order valence-electron chi connectivity index (χ1n) is 8.51. The van der Waals surface area contributed by atoms with Crippen LogP contribution in [0.4, 0.5) is 4.79 Å². The van der Waals surface area contributed by atoms with E-state index in [1.165, 1.54) is 0 Å². The van der Waals surface area contributed by atoms with Crippen molar-refractivity contribution >= 4 is 31.9 Å². The fourth-order valence-corrected chi connectivity index (χ4v) is 10.2. The predicted molar refractivity (Wildman–Crippen MR) is 95.4 cm³/mol. The van der Waals surface area contributed by atoms with Gasteiger partial charge in [-0.25, -0.2) is 13.2 Å². The maximum Gasteiger partial charge on any atom is 0.410 e. The Morgan fingerprint density at radius 2 is 1.76 bits per heavy atom. The normalized spacial score (nSPS) is 42.5. The Labute approximate surface area is 155 Å². The molecule has 25 heavy (non-hydrogen) atoms. The van der Waals surface area contributed by atoms with Crippen LogP contribution in [0.1, 0.15) is 26.3 Å². The smallest absolute Gasteiger partial charge is 0.410 e. The van der Waals surface area contributed by atoms with E-state index in [1.807, 2.05) is 39.8 Å². The van der Waals surface area contributed by atoms with Crippen LogP contribution in [0.25, 0.3) is 0 Å². The molecule has 0 radical (unpaired) electrons. The number of ether oxygens (including phenoxy) is 1. The average molecular weight is 426 g/mol. The summed E-state index contributed by atoms with van der Waals surface area (Å²) in [5.41, 5.74) is 0.432. The number of sulfone groups is 1. The maximum atomic E-state index is 13.4. The summed E-state index contributed by atoms with van der Waals surface area (Å²) in [5, 5.41) is 0. The summed E-state index contributed by atoms with van der Waals surface area (Å²) in [6.45, 7) is 7.41. The van der Waals surface area contributed by atoms with Crippen molar-refractivity contribution in [1.82, 2.24) is 4.90 Å². The van der Waals surface area contributed by atoms with Crippen molar-refractivity contribution in [3.05, 3.63) is 29.8 Å². The summed E-state index contributed by atoms with van der Waals surface area (Å²) in [4.78, 5) is 14.7. The fourth-order valence-electron chi connectivity index (χ4n) is 5.46. The van der Waals surface area contributed by atoms with Gasteiger partial charge in [0.05, 0.1) is 21.3 Å². The zero-order chi connectivity index (χ0) is 18.2. The molecule has 3 aliphatic carbocycles. The van der Waals surface area contributed by atoms with Gasteiger partial charge in [0.1, 0.15) is 10.3 Å². The largest absolute Gasteiger partial charge is 0.444 e. The number of carbonyl (C=O) groups excluding carboxylic acids is 1. The number of hydrogen-bond acceptors (Lipinski definition) is 4. The molecule has 1 aromatic rings. The molecule has 134 valence electrons. The Morgan fingerprint density at radius 1 is 1.16 bits per heavy atom. The third-order valence-corrected chi connectivity index (χ3v) is 10.8. The first-order valence-corrected chi connectivity index (χ1v) is 10.8. The Morgan fingerprint density at radius 3 is 2.28 bits per heavy atom. The highest BCUT2D eigenvalue weighted by atomic mass is 79.9. The number of piperidine rings is 4. The van der Waals surface area contributed by atoms with Crippen LogP contribution in [0.2, 0.25) is 0 Å². The van der Waals surface area contributed by atoms with Gasteiger partial charge < -0.3 is 4.74 Å². The van der Waals surface area contributed by atoms with Crippen molar-refractivity contribution in [2.75, 3.05) is 0 Å². The third-order valence-electron chi connectivity index (χ3n) is 6.28. The third kappa shape index (κ3) is 1.49. The van der Waals surface area contributed by atoms with E-state index in [0.29, 0.717) is 4.90 Å². The number of amides is 1. The van der Waals surface area contributed by atoms with E-state index in [9.17, 15) is 13.2 Å². The molecular formula is C18H20BrNO4S. The zero-order valence-corrected chi connectivity index (χ0v) is 16.9. The van der Waals surface area contributed by atoms with Crippen LogP contribution in [-0.4, -0.2) is 46.2 Å². The minimum absolute atomic E-state index is 0.0377. The molecule has 3 saturated carbocycles. The monoisotopic (exact) mass is 425 g/mol. The van der Waals surface area contributed by atoms with E-state index >= 15 is 0 Å². The molecule has 6 rings (SSSR count). The highest BCUT2D eigenvalue weighted by Crippen LogP contribution is 2.96. The van der Waals surface area contributed by atoms with E-state index in [1.54, 1.807) is 17.0 Å². The lowest BCUT2D eigenvalue weighted by Gasteiger charge is -2.30. The number of benzene rings is 1. The Kier molecular flexibility index (Phi) is 2.63. The van der Waals surface area contributed by atoms with Gasteiger partial charge in [0.2, 0.25) is 0 Å². The van der Waals surface area contributed by atoms with Crippen molar-refractivity contribution in [2.24, 2.45) is 11.8 Å². The number of rotatable bonds is 2. The second-order valence-corrected chi connectivity index (χ2v) is 12.2. The quantitative estimate of drug-likeness (QED) is 0.683. The van der Waals surface area contributed by atoms with E-state index in [4.69, 9.17) is 4.74 Å². The molecule has 5 nitrogen and oxygen atoms in total. The van der Waals surface area contributed by atoms with Crippen molar-refractivity contribution in [2.45, 2.75) is 59.3 Å². The predicted octanol–water partition coefficient (Wildman–Crippen LogP) is 2.90. The van der Waals surface area contributed by atoms with Crippen LogP contribution >= 0.6 is 15.9 Å². The number of nitrogens with zero attached hydrogens (tertiary/aromatic N) is 1. The SMILES string of the molecule is Cc1ccc(S(=O)(=O)C23C4C5C(N(C(=O)OC(C)(C)C)C42)C53Br)cc1.